The van der Waals surface area contributed by atoms with Crippen molar-refractivity contribution in [3.05, 3.63) is 0 Å². The van der Waals surface area contributed by atoms with Crippen LogP contribution in [0.3, 0.4) is 0 Å². The van der Waals surface area contributed by atoms with Gasteiger partial charge in [-0.2, -0.15) is 0 Å². The Morgan fingerprint density at radius 1 is 1.31 bits per heavy atom. The second kappa shape index (κ2) is 7.21. The molecule has 1 rings (SSSR count). The first-order chi connectivity index (χ1) is 7.67. The molecule has 96 valence electrons. The Morgan fingerprint density at radius 2 is 2.12 bits per heavy atom. The normalized spacial score (nSPS) is 23.7. The molecule has 1 fully saturated rings. The van der Waals surface area contributed by atoms with Gasteiger partial charge in [0.1, 0.15) is 0 Å². The molecule has 1 aliphatic rings. The Bertz CT molecular complexity index is 279. The molecule has 0 aromatic rings. The van der Waals surface area contributed by atoms with E-state index in [1.165, 1.54) is 0 Å². The smallest absolute Gasteiger partial charge is 0.154 e. The van der Waals surface area contributed by atoms with E-state index >= 15 is 0 Å². The van der Waals surface area contributed by atoms with E-state index in [1.54, 1.807) is 7.11 Å². The maximum atomic E-state index is 11.5. The van der Waals surface area contributed by atoms with Crippen LogP contribution in [0.5, 0.6) is 0 Å². The van der Waals surface area contributed by atoms with Crippen LogP contribution in [-0.4, -0.2) is 59.4 Å². The third-order valence-corrected chi connectivity index (χ3v) is 4.97. The Labute approximate surface area is 97.4 Å². The second-order valence-corrected chi connectivity index (χ2v) is 6.34. The lowest BCUT2D eigenvalue weighted by Gasteiger charge is -2.10. The maximum Gasteiger partial charge on any atom is 0.154 e. The van der Waals surface area contributed by atoms with Gasteiger partial charge in [0.15, 0.2) is 9.84 Å². The lowest BCUT2D eigenvalue weighted by molar-refractivity contribution is 0.0720. The molecule has 6 heteroatoms. The van der Waals surface area contributed by atoms with Crippen molar-refractivity contribution < 1.29 is 17.9 Å². The van der Waals surface area contributed by atoms with Crippen molar-refractivity contribution in [2.45, 2.75) is 18.1 Å². The van der Waals surface area contributed by atoms with Crippen LogP contribution in [0.2, 0.25) is 0 Å². The average molecular weight is 251 g/mol. The number of ether oxygens (including phenoxy) is 2. The van der Waals surface area contributed by atoms with E-state index in [0.29, 0.717) is 38.7 Å². The van der Waals surface area contributed by atoms with Crippen molar-refractivity contribution in [3.8, 4) is 0 Å². The molecule has 0 bridgehead atoms. The molecule has 0 radical (unpaired) electrons. The van der Waals surface area contributed by atoms with Gasteiger partial charge in [-0.05, 0) is 12.8 Å². The van der Waals surface area contributed by atoms with Gasteiger partial charge in [0.05, 0.1) is 30.8 Å². The summed E-state index contributed by atoms with van der Waals surface area (Å²) in [7, 11) is -1.18. The molecular weight excluding hydrogens is 230 g/mol. The van der Waals surface area contributed by atoms with Crippen molar-refractivity contribution in [3.63, 3.8) is 0 Å². The Kier molecular flexibility index (Phi) is 6.26. The zero-order valence-corrected chi connectivity index (χ0v) is 10.6. The summed E-state index contributed by atoms with van der Waals surface area (Å²) in [6.45, 7) is 3.01. The fraction of sp³-hybridized carbons (Fsp3) is 1.00. The van der Waals surface area contributed by atoms with Crippen LogP contribution in [-0.2, 0) is 19.3 Å². The first-order valence-electron chi connectivity index (χ1n) is 5.66. The fourth-order valence-electron chi connectivity index (χ4n) is 1.74. The fourth-order valence-corrected chi connectivity index (χ4v) is 3.54. The van der Waals surface area contributed by atoms with Gasteiger partial charge < -0.3 is 14.8 Å². The van der Waals surface area contributed by atoms with E-state index in [-0.39, 0.29) is 5.25 Å². The monoisotopic (exact) mass is 251 g/mol. The van der Waals surface area contributed by atoms with Gasteiger partial charge in [-0.25, -0.2) is 8.42 Å². The van der Waals surface area contributed by atoms with Gasteiger partial charge >= 0.3 is 0 Å². The minimum atomic E-state index is -2.81. The molecule has 5 nitrogen and oxygen atoms in total. The van der Waals surface area contributed by atoms with Crippen LogP contribution in [0.1, 0.15) is 12.8 Å². The molecule has 0 aromatic heterocycles. The quantitative estimate of drug-likeness (QED) is 0.606. The zero-order valence-electron chi connectivity index (χ0n) is 9.78. The number of sulfone groups is 1. The lowest BCUT2D eigenvalue weighted by Crippen LogP contribution is -2.32. The van der Waals surface area contributed by atoms with E-state index in [1.807, 2.05) is 0 Å². The van der Waals surface area contributed by atoms with Crippen LogP contribution < -0.4 is 5.32 Å². The van der Waals surface area contributed by atoms with E-state index in [4.69, 9.17) is 9.47 Å². The van der Waals surface area contributed by atoms with Gasteiger partial charge in [0.25, 0.3) is 0 Å². The van der Waals surface area contributed by atoms with Crippen molar-refractivity contribution in [2.75, 3.05) is 45.8 Å². The summed E-state index contributed by atoms with van der Waals surface area (Å²) in [6.07, 6.45) is 1.60. The molecule has 16 heavy (non-hydrogen) atoms. The molecule has 0 aromatic carbocycles. The van der Waals surface area contributed by atoms with Gasteiger partial charge in [-0.3, -0.25) is 0 Å². The number of nitrogens with one attached hydrogen (secondary N) is 1. The molecule has 1 aliphatic heterocycles. The number of methoxy groups -OCH3 is 1. The number of hydrogen-bond donors (Lipinski definition) is 1. The van der Waals surface area contributed by atoms with E-state index in [2.05, 4.69) is 5.32 Å². The molecular formula is C10H21NO4S. The highest BCUT2D eigenvalue weighted by molar-refractivity contribution is 7.92. The molecule has 1 unspecified atom stereocenters. The predicted octanol–water partition coefficient (Wildman–Crippen LogP) is -0.184. The Hall–Kier alpha value is -0.170. The van der Waals surface area contributed by atoms with Crippen LogP contribution in [0.15, 0.2) is 0 Å². The predicted molar refractivity (Wildman–Crippen MR) is 62.4 cm³/mol. The summed E-state index contributed by atoms with van der Waals surface area (Å²) in [5.41, 5.74) is 0. The minimum absolute atomic E-state index is 0.188. The highest BCUT2D eigenvalue weighted by Crippen LogP contribution is 2.18. The number of hydrogen-bond acceptors (Lipinski definition) is 5. The molecule has 0 spiro atoms. The summed E-state index contributed by atoms with van der Waals surface area (Å²) >= 11 is 0. The Morgan fingerprint density at radius 3 is 2.75 bits per heavy atom. The standard InChI is InChI=1S/C10H21NO4S/c1-14-6-7-15-5-4-11-9-10-3-2-8-16(10,12)13/h10-11H,2-9H2,1H3. The SMILES string of the molecule is COCCOCCNCC1CCCS1(=O)=O. The third kappa shape index (κ3) is 4.78. The summed E-state index contributed by atoms with van der Waals surface area (Å²) in [5.74, 6) is 0.351. The largest absolute Gasteiger partial charge is 0.382 e. The maximum absolute atomic E-state index is 11.5. The average Bonchev–Trinajstić information content (AvgIpc) is 2.57. The molecule has 1 heterocycles. The van der Waals surface area contributed by atoms with Gasteiger partial charge in [-0.15, -0.1) is 0 Å². The summed E-state index contributed by atoms with van der Waals surface area (Å²) in [4.78, 5) is 0. The second-order valence-electron chi connectivity index (χ2n) is 3.94. The molecule has 0 amide bonds. The van der Waals surface area contributed by atoms with Crippen molar-refractivity contribution in [2.24, 2.45) is 0 Å². The van der Waals surface area contributed by atoms with Crippen LogP contribution in [0.25, 0.3) is 0 Å². The van der Waals surface area contributed by atoms with Gasteiger partial charge in [0, 0.05) is 20.2 Å². The highest BCUT2D eigenvalue weighted by atomic mass is 32.2. The highest BCUT2D eigenvalue weighted by Gasteiger charge is 2.30. The van der Waals surface area contributed by atoms with E-state index in [9.17, 15) is 8.42 Å². The summed E-state index contributed by atoms with van der Waals surface area (Å²) < 4.78 is 33.0. The first kappa shape index (κ1) is 13.9. The summed E-state index contributed by atoms with van der Waals surface area (Å²) in [5, 5.41) is 2.93. The lowest BCUT2D eigenvalue weighted by atomic mass is 10.2. The summed E-state index contributed by atoms with van der Waals surface area (Å²) in [6, 6.07) is 0. The van der Waals surface area contributed by atoms with E-state index < -0.39 is 9.84 Å². The van der Waals surface area contributed by atoms with Gasteiger partial charge in [-0.1, -0.05) is 0 Å². The van der Waals surface area contributed by atoms with E-state index in [0.717, 1.165) is 12.8 Å². The molecule has 1 atom stereocenters. The van der Waals surface area contributed by atoms with Gasteiger partial charge in [0.2, 0.25) is 0 Å². The van der Waals surface area contributed by atoms with Crippen molar-refractivity contribution >= 4 is 9.84 Å². The zero-order chi connectivity index (χ0) is 11.9. The van der Waals surface area contributed by atoms with Crippen molar-refractivity contribution in [1.82, 2.24) is 5.32 Å². The van der Waals surface area contributed by atoms with Crippen LogP contribution in [0, 0.1) is 0 Å². The first-order valence-corrected chi connectivity index (χ1v) is 7.37. The molecule has 1 saturated heterocycles. The van der Waals surface area contributed by atoms with Crippen LogP contribution in [0.4, 0.5) is 0 Å². The van der Waals surface area contributed by atoms with Crippen molar-refractivity contribution in [1.29, 1.82) is 0 Å². The Balaban J connectivity index is 1.99. The molecule has 1 N–H and O–H groups in total. The van der Waals surface area contributed by atoms with Crippen LogP contribution >= 0.6 is 0 Å². The topological polar surface area (TPSA) is 64.6 Å². The minimum Gasteiger partial charge on any atom is -0.382 e. The molecule has 0 aliphatic carbocycles. The third-order valence-electron chi connectivity index (χ3n) is 2.69. The molecule has 0 saturated carbocycles. The number of rotatable bonds is 8.